The SMILES string of the molecule is CC\C=C/C=C\C=C/C=C\CCCCCCCC(=O)OCC(COC(=O)CCCCCCC\C=C/C=C\C=C/CCCCCCC)OC(=O)CCC/C=C\C/C=C\C/C=C\C/C=C\C/C=C\CC. The Labute approximate surface area is 417 Å². The molecule has 0 aromatic rings. The van der Waals surface area contributed by atoms with Crippen LogP contribution in [0, 0.1) is 0 Å². The maximum atomic E-state index is 12.8. The lowest BCUT2D eigenvalue weighted by Gasteiger charge is -2.18. The van der Waals surface area contributed by atoms with E-state index in [2.05, 4.69) is 142 Å². The second-order valence-corrected chi connectivity index (χ2v) is 17.2. The standard InChI is InChI=1S/C62H96O6/c1-4-7-10-13-16-19-22-25-28-30-32-34-37-40-43-46-49-52-55-61(64)67-58-59(57-66-60(63)54-51-48-45-42-39-36-33-27-24-21-18-15-12-9-6-3)68-62(65)56-53-50-47-44-41-38-35-31-29-26-23-20-17-14-11-8-5-2/h8-9,11-12,15,17-18,20-22,24-30,32-35,38,44,47,59H,4-7,10,13-14,16,19,23,31,36-37,39-43,45-46,48-58H2,1-3H3/b11-8-,12-9-,18-15-,20-17-,24-21-,25-22-,29-26-,30-28-,33-27-,34-32-,38-35-,47-44-. The molecule has 0 saturated carbocycles. The molecule has 0 aliphatic rings. The summed E-state index contributed by atoms with van der Waals surface area (Å²) in [5, 5.41) is 0. The van der Waals surface area contributed by atoms with Gasteiger partial charge in [-0.25, -0.2) is 0 Å². The molecule has 0 amide bonds. The van der Waals surface area contributed by atoms with Crippen molar-refractivity contribution in [3.05, 3.63) is 146 Å². The molecule has 0 rings (SSSR count). The predicted molar refractivity (Wildman–Crippen MR) is 292 cm³/mol. The van der Waals surface area contributed by atoms with Crippen molar-refractivity contribution in [3.63, 3.8) is 0 Å². The van der Waals surface area contributed by atoms with E-state index in [1.165, 1.54) is 32.1 Å². The van der Waals surface area contributed by atoms with Crippen molar-refractivity contribution >= 4 is 17.9 Å². The van der Waals surface area contributed by atoms with Gasteiger partial charge in [0.1, 0.15) is 13.2 Å². The normalized spacial score (nSPS) is 13.3. The Balaban J connectivity index is 4.59. The van der Waals surface area contributed by atoms with Gasteiger partial charge in [-0.05, 0) is 103 Å². The summed E-state index contributed by atoms with van der Waals surface area (Å²) in [6, 6.07) is 0. The molecule has 0 N–H and O–H groups in total. The van der Waals surface area contributed by atoms with Crippen LogP contribution in [0.3, 0.4) is 0 Å². The molecule has 0 saturated heterocycles. The number of hydrogen-bond donors (Lipinski definition) is 0. The van der Waals surface area contributed by atoms with Gasteiger partial charge in [-0.2, -0.15) is 0 Å². The molecular formula is C62H96O6. The number of unbranched alkanes of at least 4 members (excludes halogenated alkanes) is 16. The van der Waals surface area contributed by atoms with Crippen molar-refractivity contribution in [1.29, 1.82) is 0 Å². The van der Waals surface area contributed by atoms with Crippen LogP contribution >= 0.6 is 0 Å². The van der Waals surface area contributed by atoms with Gasteiger partial charge in [0.05, 0.1) is 0 Å². The monoisotopic (exact) mass is 937 g/mol. The maximum absolute atomic E-state index is 12.8. The second kappa shape index (κ2) is 54.9. The molecular weight excluding hydrogens is 841 g/mol. The van der Waals surface area contributed by atoms with Crippen LogP contribution in [0.5, 0.6) is 0 Å². The zero-order chi connectivity index (χ0) is 49.3. The summed E-state index contributed by atoms with van der Waals surface area (Å²) in [4.78, 5) is 38.1. The Morgan fingerprint density at radius 1 is 0.324 bits per heavy atom. The number of ether oxygens (including phenoxy) is 3. The molecule has 1 atom stereocenters. The van der Waals surface area contributed by atoms with E-state index in [1.54, 1.807) is 0 Å². The summed E-state index contributed by atoms with van der Waals surface area (Å²) in [6.07, 6.45) is 78.3. The van der Waals surface area contributed by atoms with Crippen molar-refractivity contribution in [2.45, 2.75) is 213 Å². The molecule has 0 aliphatic carbocycles. The van der Waals surface area contributed by atoms with Crippen LogP contribution in [0.1, 0.15) is 207 Å². The zero-order valence-corrected chi connectivity index (χ0v) is 43.3. The average Bonchev–Trinajstić information content (AvgIpc) is 3.34. The van der Waals surface area contributed by atoms with Gasteiger partial charge in [0.15, 0.2) is 6.10 Å². The molecule has 0 aliphatic heterocycles. The smallest absolute Gasteiger partial charge is 0.306 e. The molecule has 0 radical (unpaired) electrons. The summed E-state index contributed by atoms with van der Waals surface area (Å²) in [7, 11) is 0. The third-order valence-corrected chi connectivity index (χ3v) is 10.7. The highest BCUT2D eigenvalue weighted by atomic mass is 16.6. The second-order valence-electron chi connectivity index (χ2n) is 17.2. The summed E-state index contributed by atoms with van der Waals surface area (Å²) in [6.45, 7) is 6.26. The molecule has 380 valence electrons. The fourth-order valence-electron chi connectivity index (χ4n) is 6.72. The lowest BCUT2D eigenvalue weighted by atomic mass is 10.1. The highest BCUT2D eigenvalue weighted by Crippen LogP contribution is 2.12. The van der Waals surface area contributed by atoms with E-state index in [-0.39, 0.29) is 37.5 Å². The predicted octanol–water partition coefficient (Wildman–Crippen LogP) is 18.0. The summed E-state index contributed by atoms with van der Waals surface area (Å²) in [5.74, 6) is -1.04. The van der Waals surface area contributed by atoms with Gasteiger partial charge >= 0.3 is 17.9 Å². The Bertz CT molecular complexity index is 1540. The van der Waals surface area contributed by atoms with Gasteiger partial charge in [-0.3, -0.25) is 14.4 Å². The number of esters is 3. The number of hydrogen-bond acceptors (Lipinski definition) is 6. The van der Waals surface area contributed by atoms with E-state index < -0.39 is 6.10 Å². The van der Waals surface area contributed by atoms with Crippen LogP contribution in [-0.2, 0) is 28.6 Å². The minimum absolute atomic E-state index is 0.126. The lowest BCUT2D eigenvalue weighted by molar-refractivity contribution is -0.167. The van der Waals surface area contributed by atoms with Gasteiger partial charge in [0.2, 0.25) is 0 Å². The quantitative estimate of drug-likeness (QED) is 0.0199. The molecule has 6 nitrogen and oxygen atoms in total. The largest absolute Gasteiger partial charge is 0.462 e. The molecule has 0 bridgehead atoms. The van der Waals surface area contributed by atoms with Gasteiger partial charge in [-0.1, -0.05) is 231 Å². The van der Waals surface area contributed by atoms with E-state index in [0.717, 1.165) is 128 Å². The van der Waals surface area contributed by atoms with Crippen LogP contribution < -0.4 is 0 Å². The number of rotatable bonds is 46. The highest BCUT2D eigenvalue weighted by Gasteiger charge is 2.19. The third-order valence-electron chi connectivity index (χ3n) is 10.7. The number of carbonyl (C=O) groups excluding carboxylic acids is 3. The molecule has 6 heteroatoms. The molecule has 0 spiro atoms. The first-order chi connectivity index (χ1) is 33.5. The van der Waals surface area contributed by atoms with Crippen molar-refractivity contribution < 1.29 is 28.6 Å². The summed E-state index contributed by atoms with van der Waals surface area (Å²) < 4.78 is 16.7. The highest BCUT2D eigenvalue weighted by molar-refractivity contribution is 5.71. The summed E-state index contributed by atoms with van der Waals surface area (Å²) in [5.41, 5.74) is 0. The minimum Gasteiger partial charge on any atom is -0.462 e. The van der Waals surface area contributed by atoms with E-state index in [9.17, 15) is 14.4 Å². The lowest BCUT2D eigenvalue weighted by Crippen LogP contribution is -2.30. The minimum atomic E-state index is -0.833. The first kappa shape index (κ1) is 63.3. The van der Waals surface area contributed by atoms with Gasteiger partial charge in [0, 0.05) is 19.3 Å². The fraction of sp³-hybridized carbons (Fsp3) is 0.565. The van der Waals surface area contributed by atoms with Crippen molar-refractivity contribution in [2.75, 3.05) is 13.2 Å². The summed E-state index contributed by atoms with van der Waals surface area (Å²) >= 11 is 0. The van der Waals surface area contributed by atoms with Crippen molar-refractivity contribution in [1.82, 2.24) is 0 Å². The molecule has 1 unspecified atom stereocenters. The van der Waals surface area contributed by atoms with E-state index in [1.807, 2.05) is 24.3 Å². The van der Waals surface area contributed by atoms with Crippen LogP contribution in [0.4, 0.5) is 0 Å². The Hall–Kier alpha value is -4.71. The fourth-order valence-corrected chi connectivity index (χ4v) is 6.72. The molecule has 0 fully saturated rings. The van der Waals surface area contributed by atoms with Gasteiger partial charge in [-0.15, -0.1) is 0 Å². The van der Waals surface area contributed by atoms with Crippen LogP contribution in [0.15, 0.2) is 146 Å². The Morgan fingerprint density at radius 2 is 0.662 bits per heavy atom. The Kier molecular flexibility index (Phi) is 51.1. The van der Waals surface area contributed by atoms with Crippen molar-refractivity contribution in [3.8, 4) is 0 Å². The first-order valence-electron chi connectivity index (χ1n) is 26.9. The van der Waals surface area contributed by atoms with Crippen LogP contribution in [-0.4, -0.2) is 37.2 Å². The first-order valence-corrected chi connectivity index (χ1v) is 26.9. The van der Waals surface area contributed by atoms with E-state index in [0.29, 0.717) is 19.3 Å². The van der Waals surface area contributed by atoms with E-state index in [4.69, 9.17) is 14.2 Å². The van der Waals surface area contributed by atoms with Crippen molar-refractivity contribution in [2.24, 2.45) is 0 Å². The van der Waals surface area contributed by atoms with Crippen LogP contribution in [0.2, 0.25) is 0 Å². The molecule has 0 heterocycles. The average molecular weight is 937 g/mol. The van der Waals surface area contributed by atoms with Gasteiger partial charge in [0.25, 0.3) is 0 Å². The third kappa shape index (κ3) is 52.3. The zero-order valence-electron chi connectivity index (χ0n) is 43.3. The Morgan fingerprint density at radius 3 is 1.10 bits per heavy atom. The van der Waals surface area contributed by atoms with Gasteiger partial charge < -0.3 is 14.2 Å². The molecule has 68 heavy (non-hydrogen) atoms. The maximum Gasteiger partial charge on any atom is 0.306 e. The number of carbonyl (C=O) groups is 3. The van der Waals surface area contributed by atoms with Crippen LogP contribution in [0.25, 0.3) is 0 Å². The molecule has 0 aromatic heterocycles. The van der Waals surface area contributed by atoms with E-state index >= 15 is 0 Å². The topological polar surface area (TPSA) is 78.9 Å². The molecule has 0 aromatic carbocycles. The number of allylic oxidation sites excluding steroid dienone is 24.